The molecule has 0 radical (unpaired) electrons. The summed E-state index contributed by atoms with van der Waals surface area (Å²) < 4.78 is 84.0. The number of carbonyl (C=O) groups excluding carboxylic acids is 2. The summed E-state index contributed by atoms with van der Waals surface area (Å²) in [6.45, 7) is 7.34. The van der Waals surface area contributed by atoms with Crippen molar-refractivity contribution >= 4 is 54.6 Å². The van der Waals surface area contributed by atoms with Gasteiger partial charge in [0.2, 0.25) is 15.8 Å². The Morgan fingerprint density at radius 2 is 1.71 bits per heavy atom. The third kappa shape index (κ3) is 10.0. The van der Waals surface area contributed by atoms with Crippen molar-refractivity contribution in [3.63, 3.8) is 0 Å². The molecule has 51 heavy (non-hydrogen) atoms. The van der Waals surface area contributed by atoms with E-state index in [4.69, 9.17) is 13.7 Å². The standard InChI is InChI=1S/C34H40FN5O9S2/c1-22-11-15-25(16-12-22)51(45,46)49-30-28-26(10-9-18-37-28)31(39-29(30)32(41)47-6)40(5)50(43,44)19-8-7-17-36-27-20-24(35)14-13-23(27)21-38-33(42)48-34(2,3)4/h9-16,18,20,36H,7-8,17,19,21H2,1-6H3,(H,38,42). The molecule has 0 fully saturated rings. The highest BCUT2D eigenvalue weighted by Crippen LogP contribution is 2.36. The van der Waals surface area contributed by atoms with Crippen LogP contribution in [-0.2, 0) is 36.2 Å². The number of hydrogen-bond acceptors (Lipinski definition) is 12. The quantitative estimate of drug-likeness (QED) is 0.0965. The predicted molar refractivity (Wildman–Crippen MR) is 189 cm³/mol. The first-order chi connectivity index (χ1) is 23.9. The second-order valence-electron chi connectivity index (χ2n) is 12.4. The van der Waals surface area contributed by atoms with E-state index in [1.165, 1.54) is 55.7 Å². The molecule has 0 aliphatic rings. The van der Waals surface area contributed by atoms with Crippen LogP contribution in [0.5, 0.6) is 5.75 Å². The first-order valence-electron chi connectivity index (χ1n) is 15.8. The molecule has 2 N–H and O–H groups in total. The number of sulfonamides is 1. The van der Waals surface area contributed by atoms with E-state index in [-0.39, 0.29) is 46.9 Å². The maximum absolute atomic E-state index is 14.0. The second kappa shape index (κ2) is 15.9. The second-order valence-corrected chi connectivity index (χ2v) is 16.1. The van der Waals surface area contributed by atoms with E-state index in [0.29, 0.717) is 17.7 Å². The van der Waals surface area contributed by atoms with Crippen LogP contribution in [0.3, 0.4) is 0 Å². The number of esters is 1. The number of aryl methyl sites for hydroxylation is 1. The average molecular weight is 746 g/mol. The summed E-state index contributed by atoms with van der Waals surface area (Å²) in [6, 6.07) is 12.9. The summed E-state index contributed by atoms with van der Waals surface area (Å²) in [5.74, 6) is -2.62. The monoisotopic (exact) mass is 745 g/mol. The molecule has 0 unspecified atom stereocenters. The highest BCUT2D eigenvalue weighted by molar-refractivity contribution is 7.92. The zero-order chi connectivity index (χ0) is 37.6. The molecule has 0 saturated carbocycles. The fourth-order valence-electron chi connectivity index (χ4n) is 4.76. The minimum Gasteiger partial charge on any atom is -0.464 e. The van der Waals surface area contributed by atoms with Crippen molar-refractivity contribution < 1.29 is 44.5 Å². The summed E-state index contributed by atoms with van der Waals surface area (Å²) in [7, 11) is -6.22. The highest BCUT2D eigenvalue weighted by Gasteiger charge is 2.31. The number of unbranched alkanes of at least 4 members (excludes halogenated alkanes) is 1. The number of aromatic nitrogens is 2. The molecule has 0 aliphatic carbocycles. The van der Waals surface area contributed by atoms with Crippen molar-refractivity contribution in [2.75, 3.05) is 36.1 Å². The van der Waals surface area contributed by atoms with Gasteiger partial charge in [0, 0.05) is 37.4 Å². The number of halogens is 1. The maximum atomic E-state index is 14.0. The van der Waals surface area contributed by atoms with Gasteiger partial charge in [0.15, 0.2) is 11.5 Å². The van der Waals surface area contributed by atoms with Crippen molar-refractivity contribution in [2.24, 2.45) is 0 Å². The molecule has 0 atom stereocenters. The molecule has 1 amide bonds. The summed E-state index contributed by atoms with van der Waals surface area (Å²) in [6.07, 6.45) is 1.24. The van der Waals surface area contributed by atoms with Crippen LogP contribution in [0, 0.1) is 12.7 Å². The van der Waals surface area contributed by atoms with Crippen LogP contribution in [0.2, 0.25) is 0 Å². The van der Waals surface area contributed by atoms with Gasteiger partial charge in [0.05, 0.1) is 12.9 Å². The lowest BCUT2D eigenvalue weighted by Gasteiger charge is -2.22. The maximum Gasteiger partial charge on any atom is 0.407 e. The van der Waals surface area contributed by atoms with Gasteiger partial charge >= 0.3 is 22.2 Å². The van der Waals surface area contributed by atoms with Gasteiger partial charge in [-0.3, -0.25) is 9.29 Å². The molecule has 0 aliphatic heterocycles. The molecular weight excluding hydrogens is 706 g/mol. The van der Waals surface area contributed by atoms with Crippen molar-refractivity contribution in [2.45, 2.75) is 57.6 Å². The number of pyridine rings is 2. The molecule has 14 nitrogen and oxygen atoms in total. The predicted octanol–water partition coefficient (Wildman–Crippen LogP) is 5.31. The number of alkyl carbamates (subject to hydrolysis) is 1. The topological polar surface area (TPSA) is 183 Å². The number of methoxy groups -OCH3 is 1. The van der Waals surface area contributed by atoms with Crippen LogP contribution in [0.15, 0.2) is 65.7 Å². The number of amides is 1. The SMILES string of the molecule is COC(=O)c1nc(N(C)S(=O)(=O)CCCCNc2cc(F)ccc2CNC(=O)OC(C)(C)C)c2cccnc2c1OS(=O)(=O)c1ccc(C)cc1. The molecule has 4 rings (SSSR count). The summed E-state index contributed by atoms with van der Waals surface area (Å²) >= 11 is 0. The van der Waals surface area contributed by atoms with Crippen LogP contribution < -0.4 is 19.1 Å². The lowest BCUT2D eigenvalue weighted by Crippen LogP contribution is -2.32. The number of nitrogens with zero attached hydrogens (tertiary/aromatic N) is 3. The van der Waals surface area contributed by atoms with Gasteiger partial charge in [-0.2, -0.15) is 8.42 Å². The third-order valence-electron chi connectivity index (χ3n) is 7.33. The molecule has 4 aromatic rings. The van der Waals surface area contributed by atoms with E-state index >= 15 is 0 Å². The summed E-state index contributed by atoms with van der Waals surface area (Å²) in [5, 5.41) is 5.82. The van der Waals surface area contributed by atoms with E-state index in [1.54, 1.807) is 39.8 Å². The van der Waals surface area contributed by atoms with Gasteiger partial charge in [-0.1, -0.05) is 23.8 Å². The van der Waals surface area contributed by atoms with E-state index in [9.17, 15) is 30.8 Å². The Hall–Kier alpha value is -5.03. The first kappa shape index (κ1) is 38.8. The number of anilines is 2. The molecule has 0 spiro atoms. The Kier molecular flexibility index (Phi) is 12.1. The Balaban J connectivity index is 1.50. The molecule has 2 heterocycles. The number of nitrogens with one attached hydrogen (secondary N) is 2. The van der Waals surface area contributed by atoms with Crippen molar-refractivity contribution in [1.29, 1.82) is 0 Å². The van der Waals surface area contributed by atoms with E-state index < -0.39 is 55.1 Å². The van der Waals surface area contributed by atoms with Crippen molar-refractivity contribution in [3.05, 3.63) is 83.4 Å². The smallest absolute Gasteiger partial charge is 0.407 e. The van der Waals surface area contributed by atoms with Gasteiger partial charge in [0.1, 0.15) is 21.8 Å². The minimum absolute atomic E-state index is 0.0712. The molecule has 0 saturated heterocycles. The Morgan fingerprint density at radius 1 is 1.00 bits per heavy atom. The molecule has 274 valence electrons. The minimum atomic E-state index is -4.47. The number of benzene rings is 2. The van der Waals surface area contributed by atoms with Gasteiger partial charge < -0.3 is 24.3 Å². The molecule has 2 aromatic carbocycles. The van der Waals surface area contributed by atoms with E-state index in [2.05, 4.69) is 20.6 Å². The average Bonchev–Trinajstić information content (AvgIpc) is 3.06. The zero-order valence-corrected chi connectivity index (χ0v) is 30.7. The number of rotatable bonds is 14. The van der Waals surface area contributed by atoms with Crippen LogP contribution in [0.25, 0.3) is 10.9 Å². The first-order valence-corrected chi connectivity index (χ1v) is 18.8. The Labute approximate surface area is 296 Å². The normalized spacial score (nSPS) is 11.9. The van der Waals surface area contributed by atoms with Crippen LogP contribution >= 0.6 is 0 Å². The fourth-order valence-corrected chi connectivity index (χ4v) is 6.95. The number of hydrogen-bond donors (Lipinski definition) is 2. The highest BCUT2D eigenvalue weighted by atomic mass is 32.2. The van der Waals surface area contributed by atoms with Gasteiger partial charge in [-0.05, 0) is 82.5 Å². The van der Waals surface area contributed by atoms with Gasteiger partial charge in [0.25, 0.3) is 0 Å². The Bertz CT molecular complexity index is 2120. The third-order valence-corrected chi connectivity index (χ3v) is 10.4. The number of ether oxygens (including phenoxy) is 2. The van der Waals surface area contributed by atoms with Crippen LogP contribution in [0.1, 0.15) is 55.2 Å². The molecule has 17 heteroatoms. The van der Waals surface area contributed by atoms with Crippen molar-refractivity contribution in [3.8, 4) is 5.75 Å². The Morgan fingerprint density at radius 3 is 2.37 bits per heavy atom. The van der Waals surface area contributed by atoms with Gasteiger partial charge in [-0.25, -0.2) is 27.4 Å². The number of fused-ring (bicyclic) bond motifs is 1. The number of carbonyl (C=O) groups is 2. The van der Waals surface area contributed by atoms with Crippen LogP contribution in [-0.4, -0.2) is 70.9 Å². The lowest BCUT2D eigenvalue weighted by atomic mass is 10.1. The fraction of sp³-hybridized carbons (Fsp3) is 0.353. The molecule has 0 bridgehead atoms. The summed E-state index contributed by atoms with van der Waals surface area (Å²) in [4.78, 5) is 33.3. The lowest BCUT2D eigenvalue weighted by molar-refractivity contribution is 0.0522. The molecule has 2 aromatic heterocycles. The molecular formula is C34H40FN5O9S2. The largest absolute Gasteiger partial charge is 0.464 e. The van der Waals surface area contributed by atoms with E-state index in [0.717, 1.165) is 17.0 Å². The van der Waals surface area contributed by atoms with E-state index in [1.807, 2.05) is 0 Å². The van der Waals surface area contributed by atoms with Crippen molar-refractivity contribution in [1.82, 2.24) is 15.3 Å². The van der Waals surface area contributed by atoms with Crippen LogP contribution in [0.4, 0.5) is 20.7 Å². The summed E-state index contributed by atoms with van der Waals surface area (Å²) in [5.41, 5.74) is 0.436. The van der Waals surface area contributed by atoms with Gasteiger partial charge in [-0.15, -0.1) is 0 Å². The zero-order valence-electron chi connectivity index (χ0n) is 29.0.